The van der Waals surface area contributed by atoms with Crippen LogP contribution in [0.5, 0.6) is 0 Å². The Kier molecular flexibility index (Phi) is 4.12. The first kappa shape index (κ1) is 12.4. The van der Waals surface area contributed by atoms with Crippen LogP contribution in [0.25, 0.3) is 6.20 Å². The van der Waals surface area contributed by atoms with Gasteiger partial charge in [0.05, 0.1) is 18.4 Å². The minimum atomic E-state index is -0.172. The molecular weight excluding hydrogens is 228 g/mol. The third-order valence-electron chi connectivity index (χ3n) is 2.59. The van der Waals surface area contributed by atoms with Crippen LogP contribution < -0.4 is 10.6 Å². The number of hydrogen-bond acceptors (Lipinski definition) is 4. The summed E-state index contributed by atoms with van der Waals surface area (Å²) < 4.78 is 4.91. The number of ether oxygens (including phenoxy) is 1. The van der Waals surface area contributed by atoms with Gasteiger partial charge in [-0.15, -0.1) is 0 Å². The quantitative estimate of drug-likeness (QED) is 0.735. The molecule has 0 spiro atoms. The third-order valence-corrected chi connectivity index (χ3v) is 2.59. The molecule has 1 aliphatic rings. The van der Waals surface area contributed by atoms with Gasteiger partial charge in [0.2, 0.25) is 0 Å². The maximum atomic E-state index is 11.3. The number of hydrogen-bond donors (Lipinski definition) is 0. The van der Waals surface area contributed by atoms with Crippen molar-refractivity contribution in [2.24, 2.45) is 4.99 Å². The zero-order valence-corrected chi connectivity index (χ0v) is 10.4. The van der Waals surface area contributed by atoms with E-state index in [2.05, 4.69) is 4.99 Å². The Balaban J connectivity index is 2.08. The molecule has 2 rings (SSSR count). The highest BCUT2D eigenvalue weighted by atomic mass is 16.5. The molecule has 1 heterocycles. The van der Waals surface area contributed by atoms with E-state index in [1.165, 1.54) is 0 Å². The van der Waals surface area contributed by atoms with Crippen LogP contribution in [-0.2, 0) is 9.53 Å². The molecule has 0 aromatic heterocycles. The number of esters is 1. The molecule has 0 N–H and O–H groups in total. The molecule has 0 atom stereocenters. The van der Waals surface area contributed by atoms with Gasteiger partial charge in [0.25, 0.3) is 0 Å². The van der Waals surface area contributed by atoms with Crippen molar-refractivity contribution in [2.45, 2.75) is 13.3 Å². The minimum Gasteiger partial charge on any atom is -0.466 e. The SMILES string of the molecule is CCOC(=O)CCN1C=CN=c2ccccc2=C1. The van der Waals surface area contributed by atoms with E-state index >= 15 is 0 Å². The molecule has 18 heavy (non-hydrogen) atoms. The monoisotopic (exact) mass is 244 g/mol. The van der Waals surface area contributed by atoms with Gasteiger partial charge in [0, 0.05) is 30.4 Å². The first-order chi connectivity index (χ1) is 8.79. The van der Waals surface area contributed by atoms with Crippen LogP contribution in [0.15, 0.2) is 41.7 Å². The van der Waals surface area contributed by atoms with Crippen LogP contribution in [0.3, 0.4) is 0 Å². The lowest BCUT2D eigenvalue weighted by Crippen LogP contribution is -2.26. The lowest BCUT2D eigenvalue weighted by Gasteiger charge is -2.13. The molecule has 0 bridgehead atoms. The van der Waals surface area contributed by atoms with Crippen LogP contribution in [0, 0.1) is 0 Å². The van der Waals surface area contributed by atoms with Crippen molar-refractivity contribution in [1.29, 1.82) is 0 Å². The molecule has 4 heteroatoms. The summed E-state index contributed by atoms with van der Waals surface area (Å²) in [5.74, 6) is -0.172. The van der Waals surface area contributed by atoms with E-state index in [-0.39, 0.29) is 5.97 Å². The molecule has 0 saturated heterocycles. The molecule has 0 amide bonds. The minimum absolute atomic E-state index is 0.172. The maximum absolute atomic E-state index is 11.3. The number of para-hydroxylation sites is 1. The zero-order chi connectivity index (χ0) is 12.8. The van der Waals surface area contributed by atoms with Gasteiger partial charge in [-0.25, -0.2) is 0 Å². The highest BCUT2D eigenvalue weighted by Crippen LogP contribution is 1.98. The van der Waals surface area contributed by atoms with Gasteiger partial charge in [-0.1, -0.05) is 18.2 Å². The number of rotatable bonds is 4. The topological polar surface area (TPSA) is 41.9 Å². The number of carbonyl (C=O) groups is 1. The number of benzene rings is 1. The highest BCUT2D eigenvalue weighted by Gasteiger charge is 2.04. The predicted octanol–water partition coefficient (Wildman–Crippen LogP) is 0.784. The lowest BCUT2D eigenvalue weighted by molar-refractivity contribution is -0.143. The molecule has 1 aliphatic heterocycles. The number of fused-ring (bicyclic) bond motifs is 1. The first-order valence-corrected chi connectivity index (χ1v) is 6.02. The molecule has 0 radical (unpaired) electrons. The van der Waals surface area contributed by atoms with Gasteiger partial charge in [-0.2, -0.15) is 0 Å². The van der Waals surface area contributed by atoms with E-state index in [1.807, 2.05) is 48.5 Å². The van der Waals surface area contributed by atoms with E-state index in [1.54, 1.807) is 6.20 Å². The van der Waals surface area contributed by atoms with Crippen molar-refractivity contribution >= 4 is 12.2 Å². The van der Waals surface area contributed by atoms with E-state index < -0.39 is 0 Å². The number of carbonyl (C=O) groups excluding carboxylic acids is 1. The fraction of sp³-hybridized carbons (Fsp3) is 0.286. The largest absolute Gasteiger partial charge is 0.466 e. The summed E-state index contributed by atoms with van der Waals surface area (Å²) in [4.78, 5) is 17.6. The van der Waals surface area contributed by atoms with Gasteiger partial charge in [-0.05, 0) is 13.0 Å². The Morgan fingerprint density at radius 2 is 2.22 bits per heavy atom. The summed E-state index contributed by atoms with van der Waals surface area (Å²) in [5, 5.41) is 1.98. The molecule has 0 unspecified atom stereocenters. The van der Waals surface area contributed by atoms with Crippen LogP contribution in [0.4, 0.5) is 0 Å². The van der Waals surface area contributed by atoms with Gasteiger partial charge < -0.3 is 9.64 Å². The summed E-state index contributed by atoms with van der Waals surface area (Å²) in [6, 6.07) is 7.90. The van der Waals surface area contributed by atoms with Gasteiger partial charge in [0.15, 0.2) is 0 Å². The maximum Gasteiger partial charge on any atom is 0.307 e. The van der Waals surface area contributed by atoms with Gasteiger partial charge >= 0.3 is 5.97 Å². The molecule has 0 aliphatic carbocycles. The Morgan fingerprint density at radius 1 is 1.39 bits per heavy atom. The van der Waals surface area contributed by atoms with E-state index in [9.17, 15) is 4.79 Å². The van der Waals surface area contributed by atoms with E-state index in [4.69, 9.17) is 4.74 Å². The van der Waals surface area contributed by atoms with Crippen molar-refractivity contribution in [2.75, 3.05) is 13.2 Å². The average Bonchev–Trinajstić information content (AvgIpc) is 2.58. The van der Waals surface area contributed by atoms with Crippen molar-refractivity contribution in [3.05, 3.63) is 47.2 Å². The Bertz CT molecular complexity index is 563. The highest BCUT2D eigenvalue weighted by molar-refractivity contribution is 5.69. The molecule has 94 valence electrons. The summed E-state index contributed by atoms with van der Waals surface area (Å²) in [5.41, 5.74) is 0. The second-order valence-corrected chi connectivity index (χ2v) is 3.91. The predicted molar refractivity (Wildman–Crippen MR) is 68.8 cm³/mol. The zero-order valence-electron chi connectivity index (χ0n) is 10.4. The summed E-state index contributed by atoms with van der Waals surface area (Å²) in [6.07, 6.45) is 5.96. The molecule has 0 fully saturated rings. The van der Waals surface area contributed by atoms with Gasteiger partial charge in [-0.3, -0.25) is 9.79 Å². The van der Waals surface area contributed by atoms with Crippen LogP contribution in [0.1, 0.15) is 13.3 Å². The summed E-state index contributed by atoms with van der Waals surface area (Å²) in [7, 11) is 0. The van der Waals surface area contributed by atoms with Crippen molar-refractivity contribution < 1.29 is 9.53 Å². The molecule has 1 aromatic carbocycles. The Morgan fingerprint density at radius 3 is 3.06 bits per heavy atom. The molecular formula is C14H16N2O2. The third kappa shape index (κ3) is 3.20. The van der Waals surface area contributed by atoms with E-state index in [0.29, 0.717) is 19.6 Å². The average molecular weight is 244 g/mol. The van der Waals surface area contributed by atoms with Crippen molar-refractivity contribution in [3.8, 4) is 0 Å². The standard InChI is InChI=1S/C14H16N2O2/c1-2-18-14(17)7-9-16-10-8-15-13-6-4-3-5-12(13)11-16/h3-6,8,10-11H,2,7,9H2,1H3. The van der Waals surface area contributed by atoms with Gasteiger partial charge in [0.1, 0.15) is 0 Å². The number of nitrogens with zero attached hydrogens (tertiary/aromatic N) is 2. The summed E-state index contributed by atoms with van der Waals surface area (Å²) in [6.45, 7) is 2.83. The smallest absolute Gasteiger partial charge is 0.307 e. The second-order valence-electron chi connectivity index (χ2n) is 3.91. The fourth-order valence-corrected chi connectivity index (χ4v) is 1.73. The molecule has 0 saturated carbocycles. The van der Waals surface area contributed by atoms with Crippen LogP contribution >= 0.6 is 0 Å². The second kappa shape index (κ2) is 6.00. The van der Waals surface area contributed by atoms with Crippen molar-refractivity contribution in [1.82, 2.24) is 4.90 Å². The Labute approximate surface area is 106 Å². The summed E-state index contributed by atoms with van der Waals surface area (Å²) >= 11 is 0. The first-order valence-electron chi connectivity index (χ1n) is 6.02. The fourth-order valence-electron chi connectivity index (χ4n) is 1.73. The van der Waals surface area contributed by atoms with E-state index in [0.717, 1.165) is 10.6 Å². The van der Waals surface area contributed by atoms with Crippen LogP contribution in [-0.4, -0.2) is 24.0 Å². The van der Waals surface area contributed by atoms with Crippen molar-refractivity contribution in [3.63, 3.8) is 0 Å². The Hall–Kier alpha value is -2.10. The molecule has 1 aromatic rings. The normalized spacial score (nSPS) is 13.1. The lowest BCUT2D eigenvalue weighted by atomic mass is 10.3. The molecule has 4 nitrogen and oxygen atoms in total. The van der Waals surface area contributed by atoms with Crippen LogP contribution in [0.2, 0.25) is 0 Å².